The molecule has 0 bridgehead atoms. The van der Waals surface area contributed by atoms with Crippen LogP contribution in [0.1, 0.15) is 16.4 Å². The van der Waals surface area contributed by atoms with E-state index < -0.39 is 49.7 Å². The van der Waals surface area contributed by atoms with Crippen LogP contribution in [-0.2, 0) is 31.0 Å². The van der Waals surface area contributed by atoms with Crippen LogP contribution < -0.4 is 20.6 Å². The van der Waals surface area contributed by atoms with Gasteiger partial charge in [-0.05, 0) is 35.9 Å². The molecule has 0 radical (unpaired) electrons. The first kappa shape index (κ1) is 23.4. The van der Waals surface area contributed by atoms with Crippen molar-refractivity contribution in [1.29, 1.82) is 0 Å². The number of fused-ring (bicyclic) bond motifs is 2. The normalized spacial score (nSPS) is 21.2. The monoisotopic (exact) mass is 531 g/mol. The number of benzene rings is 1. The van der Waals surface area contributed by atoms with Gasteiger partial charge in [-0.25, -0.2) is 13.6 Å². The summed E-state index contributed by atoms with van der Waals surface area (Å²) in [5, 5.41) is 9.79. The first-order valence-electron chi connectivity index (χ1n) is 10.2. The van der Waals surface area contributed by atoms with Crippen LogP contribution >= 0.6 is 23.1 Å². The Morgan fingerprint density at radius 3 is 2.54 bits per heavy atom. The minimum absolute atomic E-state index is 0.101. The fraction of sp³-hybridized carbons (Fsp3) is 0.190. The summed E-state index contributed by atoms with van der Waals surface area (Å²) >= 11 is 2.03. The van der Waals surface area contributed by atoms with Crippen molar-refractivity contribution in [2.24, 2.45) is 11.1 Å². The number of primary sulfonamides is 1. The number of hydrogen-bond acceptors (Lipinski definition) is 9. The summed E-state index contributed by atoms with van der Waals surface area (Å²) in [7, 11) is -3.87. The van der Waals surface area contributed by atoms with Crippen LogP contribution in [0.3, 0.4) is 0 Å². The number of pyridine rings is 1. The van der Waals surface area contributed by atoms with Crippen LogP contribution in [0.15, 0.2) is 63.5 Å². The van der Waals surface area contributed by atoms with Crippen molar-refractivity contribution in [2.45, 2.75) is 27.6 Å². The maximum Gasteiger partial charge on any atom is 0.308 e. The van der Waals surface area contributed by atoms with Gasteiger partial charge in [-0.1, -0.05) is 29.2 Å². The van der Waals surface area contributed by atoms with E-state index >= 15 is 0 Å². The molecule has 1 aromatic carbocycles. The number of carbonyl (C=O) groups excluding carboxylic acids is 3. The molecule has 4 heterocycles. The van der Waals surface area contributed by atoms with Crippen LogP contribution in [0.2, 0.25) is 0 Å². The predicted octanol–water partition coefficient (Wildman–Crippen LogP) is 0.470. The minimum atomic E-state index is -3.87. The quantitative estimate of drug-likeness (QED) is 0.399. The van der Waals surface area contributed by atoms with E-state index in [1.165, 1.54) is 28.8 Å². The number of nitrogens with two attached hydrogens (primary N) is 1. The van der Waals surface area contributed by atoms with Crippen molar-refractivity contribution in [3.05, 3.63) is 68.9 Å². The molecule has 2 aromatic heterocycles. The van der Waals surface area contributed by atoms with Gasteiger partial charge in [-0.15, -0.1) is 0 Å². The Balaban J connectivity index is 1.46. The Kier molecular flexibility index (Phi) is 5.83. The Morgan fingerprint density at radius 1 is 1.14 bits per heavy atom. The number of thiazole rings is 1. The van der Waals surface area contributed by atoms with Crippen molar-refractivity contribution in [3.63, 3.8) is 0 Å². The molecular formula is C21H17N5O6S3. The third-order valence-corrected chi connectivity index (χ3v) is 9.24. The van der Waals surface area contributed by atoms with E-state index in [4.69, 9.17) is 5.14 Å². The lowest BCUT2D eigenvalue weighted by Crippen LogP contribution is -2.32. The molecule has 2 unspecified atom stereocenters. The van der Waals surface area contributed by atoms with Gasteiger partial charge in [0.05, 0.1) is 15.8 Å². The smallest absolute Gasteiger partial charge is 0.308 e. The Morgan fingerprint density at radius 2 is 1.89 bits per heavy atom. The zero-order valence-corrected chi connectivity index (χ0v) is 20.2. The number of hydrogen-bond donors (Lipinski definition) is 3. The molecule has 35 heavy (non-hydrogen) atoms. The number of nitrogens with zero attached hydrogens (tertiary/aromatic N) is 2. The van der Waals surface area contributed by atoms with Crippen LogP contribution in [0.4, 0.5) is 5.69 Å². The highest BCUT2D eigenvalue weighted by molar-refractivity contribution is 8.00. The van der Waals surface area contributed by atoms with Crippen LogP contribution in [0.25, 0.3) is 0 Å². The number of aromatic nitrogens is 2. The number of imide groups is 1. The predicted molar refractivity (Wildman–Crippen MR) is 127 cm³/mol. The largest absolute Gasteiger partial charge is 0.325 e. The number of rotatable bonds is 5. The SMILES string of the molecule is NS(=O)(=O)c1ccc(NC(=O)Cn2c3c(sc2=O)[C@@H](c2cccnc2)C2C(=O)NC(=O)C2S3)cc1. The van der Waals surface area contributed by atoms with E-state index in [9.17, 15) is 27.6 Å². The van der Waals surface area contributed by atoms with Gasteiger partial charge in [0.15, 0.2) is 0 Å². The summed E-state index contributed by atoms with van der Waals surface area (Å²) in [6, 6.07) is 8.79. The highest BCUT2D eigenvalue weighted by Gasteiger charge is 2.52. The molecule has 14 heteroatoms. The number of amides is 3. The zero-order valence-electron chi connectivity index (χ0n) is 17.7. The van der Waals surface area contributed by atoms with E-state index in [0.29, 0.717) is 21.2 Å². The number of thioether (sulfide) groups is 1. The maximum absolute atomic E-state index is 12.9. The van der Waals surface area contributed by atoms with Crippen molar-refractivity contribution in [1.82, 2.24) is 14.9 Å². The number of carbonyl (C=O) groups is 3. The molecule has 3 amide bonds. The molecule has 0 saturated carbocycles. The molecule has 4 N–H and O–H groups in total. The third kappa shape index (κ3) is 4.29. The molecule has 2 aliphatic rings. The Labute approximate surface area is 206 Å². The fourth-order valence-corrected chi connectivity index (χ4v) is 7.42. The summed E-state index contributed by atoms with van der Waals surface area (Å²) in [6.45, 7) is -0.332. The molecule has 180 valence electrons. The lowest BCUT2D eigenvalue weighted by Gasteiger charge is -2.30. The average molecular weight is 532 g/mol. The fourth-order valence-electron chi connectivity index (χ4n) is 4.17. The average Bonchev–Trinajstić information content (AvgIpc) is 3.27. The van der Waals surface area contributed by atoms with Gasteiger partial charge >= 0.3 is 4.87 Å². The molecule has 11 nitrogen and oxygen atoms in total. The maximum atomic E-state index is 12.9. The molecule has 2 aliphatic heterocycles. The number of sulfonamides is 1. The lowest BCUT2D eigenvalue weighted by molar-refractivity contribution is -0.126. The second-order valence-corrected chi connectivity index (χ2v) is 11.6. The second kappa shape index (κ2) is 8.71. The zero-order chi connectivity index (χ0) is 24.9. The van der Waals surface area contributed by atoms with E-state index in [2.05, 4.69) is 15.6 Å². The molecule has 3 aromatic rings. The molecule has 0 spiro atoms. The first-order valence-corrected chi connectivity index (χ1v) is 13.5. The second-order valence-electron chi connectivity index (χ2n) is 7.92. The van der Waals surface area contributed by atoms with Gasteiger partial charge < -0.3 is 5.32 Å². The lowest BCUT2D eigenvalue weighted by atomic mass is 9.84. The first-order chi connectivity index (χ1) is 16.6. The minimum Gasteiger partial charge on any atom is -0.325 e. The summed E-state index contributed by atoms with van der Waals surface area (Å²) in [5.74, 6) is -2.61. The Hall–Kier alpha value is -3.33. The van der Waals surface area contributed by atoms with Crippen LogP contribution in [-0.4, -0.2) is 40.9 Å². The van der Waals surface area contributed by atoms with E-state index in [1.807, 2.05) is 0 Å². The van der Waals surface area contributed by atoms with Crippen molar-refractivity contribution < 1.29 is 22.8 Å². The number of anilines is 1. The molecule has 3 atom stereocenters. The van der Waals surface area contributed by atoms with Gasteiger partial charge in [-0.2, -0.15) is 0 Å². The van der Waals surface area contributed by atoms with Crippen molar-refractivity contribution in [2.75, 3.05) is 5.32 Å². The van der Waals surface area contributed by atoms with Gasteiger partial charge in [0.1, 0.15) is 11.8 Å². The third-order valence-electron chi connectivity index (χ3n) is 5.70. The summed E-state index contributed by atoms with van der Waals surface area (Å²) in [4.78, 5) is 55.0. The molecule has 5 rings (SSSR count). The van der Waals surface area contributed by atoms with Gasteiger partial charge in [0.2, 0.25) is 27.7 Å². The van der Waals surface area contributed by atoms with Crippen molar-refractivity contribution >= 4 is 56.5 Å². The van der Waals surface area contributed by atoms with E-state index in [-0.39, 0.29) is 11.4 Å². The summed E-state index contributed by atoms with van der Waals surface area (Å²) in [5.41, 5.74) is 1.02. The molecular weight excluding hydrogens is 514 g/mol. The Bertz CT molecular complexity index is 1510. The standard InChI is InChI=1S/C21H17N5O6S3/c22-35(31,32)12-5-3-11(4-6-12)24-13(27)9-26-20-17(34-21(26)30)14(10-2-1-7-23-8-10)15-16(33-20)19(29)25-18(15)28/h1-8,14-16H,9H2,(H,24,27)(H2,22,31,32)(H,25,28,29)/t14-,15?,16?/m0/s1. The van der Waals surface area contributed by atoms with E-state index in [0.717, 1.165) is 23.1 Å². The van der Waals surface area contributed by atoms with Crippen molar-refractivity contribution in [3.8, 4) is 0 Å². The summed E-state index contributed by atoms with van der Waals surface area (Å²) < 4.78 is 24.1. The highest BCUT2D eigenvalue weighted by atomic mass is 32.2. The molecule has 0 aliphatic carbocycles. The van der Waals surface area contributed by atoms with Crippen LogP contribution in [0.5, 0.6) is 0 Å². The van der Waals surface area contributed by atoms with Gasteiger partial charge in [-0.3, -0.25) is 34.0 Å². The van der Waals surface area contributed by atoms with Gasteiger partial charge in [0.25, 0.3) is 0 Å². The summed E-state index contributed by atoms with van der Waals surface area (Å²) in [6.07, 6.45) is 3.19. The molecule has 1 saturated heterocycles. The van der Waals surface area contributed by atoms with Gasteiger partial charge in [0, 0.05) is 28.9 Å². The van der Waals surface area contributed by atoms with Crippen LogP contribution in [0, 0.1) is 5.92 Å². The van der Waals surface area contributed by atoms with E-state index in [1.54, 1.807) is 24.5 Å². The number of nitrogens with one attached hydrogen (secondary N) is 2. The molecule has 1 fully saturated rings. The topological polar surface area (TPSA) is 170 Å². The highest BCUT2D eigenvalue weighted by Crippen LogP contribution is 2.51.